The van der Waals surface area contributed by atoms with E-state index in [4.69, 9.17) is 0 Å². The third-order valence-corrected chi connectivity index (χ3v) is 2.63. The number of nitro benzene ring substituents is 1. The number of rotatable bonds is 3. The summed E-state index contributed by atoms with van der Waals surface area (Å²) in [5.41, 5.74) is -0.827. The third-order valence-electron chi connectivity index (χ3n) is 1.76. The van der Waals surface area contributed by atoms with Crippen molar-refractivity contribution in [3.05, 3.63) is 28.3 Å². The van der Waals surface area contributed by atoms with Gasteiger partial charge >= 0.3 is 29.6 Å². The molecule has 1 N–H and O–H groups in total. The Bertz CT molecular complexity index is 585. The van der Waals surface area contributed by atoms with Crippen LogP contribution in [0.5, 0.6) is 0 Å². The fraction of sp³-hybridized carbons (Fsp3) is 0.125. The predicted octanol–water partition coefficient (Wildman–Crippen LogP) is -2.54. The third kappa shape index (κ3) is 4.35. The van der Waals surface area contributed by atoms with Crippen LogP contribution in [0, 0.1) is 10.1 Å². The van der Waals surface area contributed by atoms with Crippen molar-refractivity contribution in [3.63, 3.8) is 0 Å². The topological polar surface area (TPSA) is 129 Å². The van der Waals surface area contributed by atoms with Crippen molar-refractivity contribution < 1.29 is 52.2 Å². The first kappa shape index (κ1) is 17.0. The number of amides is 1. The molecule has 0 saturated heterocycles. The molecular weight excluding hydrogens is 275 g/mol. The van der Waals surface area contributed by atoms with Crippen LogP contribution in [0.15, 0.2) is 23.1 Å². The maximum Gasteiger partial charge on any atom is 1.00 e. The van der Waals surface area contributed by atoms with Crippen LogP contribution in [-0.2, 0) is 14.9 Å². The maximum atomic E-state index is 10.9. The molecule has 8 nitrogen and oxygen atoms in total. The smallest absolute Gasteiger partial charge is 0.744 e. The second kappa shape index (κ2) is 6.25. The van der Waals surface area contributed by atoms with Gasteiger partial charge in [0.2, 0.25) is 5.91 Å². The van der Waals surface area contributed by atoms with Crippen molar-refractivity contribution in [2.24, 2.45) is 0 Å². The first-order valence-electron chi connectivity index (χ1n) is 4.24. The zero-order valence-electron chi connectivity index (χ0n) is 9.54. The Balaban J connectivity index is 0.00000289. The van der Waals surface area contributed by atoms with Gasteiger partial charge in [0, 0.05) is 19.1 Å². The Kier molecular flexibility index (Phi) is 5.90. The van der Waals surface area contributed by atoms with E-state index in [-0.39, 0.29) is 35.2 Å². The molecule has 0 aromatic heterocycles. The Morgan fingerprint density at radius 2 is 1.94 bits per heavy atom. The van der Waals surface area contributed by atoms with Gasteiger partial charge in [-0.15, -0.1) is 0 Å². The molecule has 1 amide bonds. The predicted molar refractivity (Wildman–Crippen MR) is 55.4 cm³/mol. The minimum Gasteiger partial charge on any atom is -0.744 e. The first-order chi connectivity index (χ1) is 7.71. The van der Waals surface area contributed by atoms with E-state index in [1.165, 1.54) is 0 Å². The molecule has 1 rings (SSSR count). The molecule has 0 unspecified atom stereocenters. The summed E-state index contributed by atoms with van der Waals surface area (Å²) in [6, 6.07) is 2.58. The minimum atomic E-state index is -4.90. The Morgan fingerprint density at radius 1 is 1.39 bits per heavy atom. The van der Waals surface area contributed by atoms with E-state index in [0.29, 0.717) is 6.07 Å². The molecule has 10 heteroatoms. The number of benzene rings is 1. The average molecular weight is 282 g/mol. The molecule has 18 heavy (non-hydrogen) atoms. The second-order valence-electron chi connectivity index (χ2n) is 3.07. The molecule has 1 aromatic rings. The van der Waals surface area contributed by atoms with E-state index in [2.05, 4.69) is 5.32 Å². The van der Waals surface area contributed by atoms with Crippen LogP contribution in [-0.4, -0.2) is 23.8 Å². The van der Waals surface area contributed by atoms with Gasteiger partial charge in [-0.05, 0) is 6.07 Å². The summed E-state index contributed by atoms with van der Waals surface area (Å²) < 4.78 is 32.6. The van der Waals surface area contributed by atoms with Crippen LogP contribution in [0.3, 0.4) is 0 Å². The van der Waals surface area contributed by atoms with E-state index in [1.54, 1.807) is 0 Å². The number of anilines is 1. The number of non-ortho nitro benzene ring substituents is 1. The Morgan fingerprint density at radius 3 is 2.33 bits per heavy atom. The van der Waals surface area contributed by atoms with E-state index in [9.17, 15) is 27.9 Å². The molecule has 0 spiro atoms. The van der Waals surface area contributed by atoms with Gasteiger partial charge in [-0.2, -0.15) is 0 Å². The van der Waals surface area contributed by atoms with E-state index in [1.807, 2.05) is 0 Å². The molecule has 0 saturated carbocycles. The van der Waals surface area contributed by atoms with Crippen molar-refractivity contribution >= 4 is 27.4 Å². The molecule has 92 valence electrons. The van der Waals surface area contributed by atoms with Crippen LogP contribution in [0.4, 0.5) is 11.4 Å². The quantitative estimate of drug-likeness (QED) is 0.281. The van der Waals surface area contributed by atoms with Crippen molar-refractivity contribution in [1.29, 1.82) is 0 Å². The van der Waals surface area contributed by atoms with Gasteiger partial charge in [-0.25, -0.2) is 8.42 Å². The summed E-state index contributed by atoms with van der Waals surface area (Å²) in [5.74, 6) is -0.594. The number of carbonyl (C=O) groups excluding carboxylic acids is 1. The van der Waals surface area contributed by atoms with Crippen molar-refractivity contribution in [2.45, 2.75) is 11.8 Å². The van der Waals surface area contributed by atoms with Gasteiger partial charge in [-0.1, -0.05) is 0 Å². The molecule has 0 heterocycles. The van der Waals surface area contributed by atoms with Crippen LogP contribution in [0.2, 0.25) is 0 Å². The largest absolute Gasteiger partial charge is 1.00 e. The van der Waals surface area contributed by atoms with Crippen LogP contribution >= 0.6 is 0 Å². The van der Waals surface area contributed by atoms with Gasteiger partial charge in [0.25, 0.3) is 5.69 Å². The van der Waals surface area contributed by atoms with Gasteiger partial charge in [0.05, 0.1) is 15.5 Å². The number of hydrogen-bond donors (Lipinski definition) is 1. The van der Waals surface area contributed by atoms with Crippen LogP contribution in [0.25, 0.3) is 0 Å². The summed E-state index contributed by atoms with van der Waals surface area (Å²) in [7, 11) is -4.90. The summed E-state index contributed by atoms with van der Waals surface area (Å²) in [6.45, 7) is 1.11. The molecule has 1 aromatic carbocycles. The van der Waals surface area contributed by atoms with E-state index in [0.717, 1.165) is 19.1 Å². The standard InChI is InChI=1S/C8H8N2O6S.Na/c1-5(11)9-7-3-2-6(10(12)13)4-8(7)17(14,15)16;/h2-4H,1H3,(H,9,11)(H,14,15,16);/q;+1/p-1. The average Bonchev–Trinajstić information content (AvgIpc) is 2.15. The normalized spacial score (nSPS) is 10.3. The SMILES string of the molecule is CC(=O)Nc1ccc([N+](=O)[O-])cc1S(=O)(=O)[O-].[Na+]. The molecule has 0 aliphatic rings. The molecule has 0 atom stereocenters. The molecule has 0 aliphatic heterocycles. The summed E-state index contributed by atoms with van der Waals surface area (Å²) in [6.07, 6.45) is 0. The number of hydrogen-bond acceptors (Lipinski definition) is 6. The molecular formula is C8H7N2NaO6S. The van der Waals surface area contributed by atoms with Gasteiger partial charge in [0.1, 0.15) is 10.1 Å². The van der Waals surface area contributed by atoms with Crippen molar-refractivity contribution in [3.8, 4) is 0 Å². The molecule has 0 bridgehead atoms. The number of carbonyl (C=O) groups is 1. The Hall–Kier alpha value is -1.000. The fourth-order valence-corrected chi connectivity index (χ4v) is 1.78. The minimum absolute atomic E-state index is 0. The summed E-state index contributed by atoms with van der Waals surface area (Å²) >= 11 is 0. The van der Waals surface area contributed by atoms with Gasteiger partial charge < -0.3 is 9.87 Å². The zero-order chi connectivity index (χ0) is 13.2. The van der Waals surface area contributed by atoms with Crippen molar-refractivity contribution in [2.75, 3.05) is 5.32 Å². The number of nitrogens with one attached hydrogen (secondary N) is 1. The summed E-state index contributed by atoms with van der Waals surface area (Å²) in [4.78, 5) is 19.5. The molecule has 0 fully saturated rings. The maximum absolute atomic E-state index is 10.9. The van der Waals surface area contributed by atoms with Crippen LogP contribution < -0.4 is 34.9 Å². The molecule has 0 radical (unpaired) electrons. The first-order valence-corrected chi connectivity index (χ1v) is 5.64. The Labute approximate surface area is 125 Å². The fourth-order valence-electron chi connectivity index (χ4n) is 1.12. The van der Waals surface area contributed by atoms with Gasteiger partial charge in [0.15, 0.2) is 0 Å². The number of nitrogens with zero attached hydrogens (tertiary/aromatic N) is 1. The zero-order valence-corrected chi connectivity index (χ0v) is 12.4. The second-order valence-corrected chi connectivity index (χ2v) is 4.42. The number of nitro groups is 1. The van der Waals surface area contributed by atoms with Gasteiger partial charge in [-0.3, -0.25) is 14.9 Å². The molecule has 0 aliphatic carbocycles. The van der Waals surface area contributed by atoms with Crippen LogP contribution in [0.1, 0.15) is 6.92 Å². The van der Waals surface area contributed by atoms with E-state index >= 15 is 0 Å². The monoisotopic (exact) mass is 282 g/mol. The van der Waals surface area contributed by atoms with E-state index < -0.39 is 31.5 Å². The van der Waals surface area contributed by atoms with Crippen molar-refractivity contribution in [1.82, 2.24) is 0 Å². The summed E-state index contributed by atoms with van der Waals surface area (Å²) in [5, 5.41) is 12.5.